The molecule has 0 aliphatic carbocycles. The van der Waals surface area contributed by atoms with Crippen LogP contribution in [0.25, 0.3) is 0 Å². The molecule has 0 amide bonds. The summed E-state index contributed by atoms with van der Waals surface area (Å²) in [7, 11) is 0. The predicted octanol–water partition coefficient (Wildman–Crippen LogP) is 2.00. The summed E-state index contributed by atoms with van der Waals surface area (Å²) in [5.41, 5.74) is 14.1. The summed E-state index contributed by atoms with van der Waals surface area (Å²) in [6.45, 7) is 0.261. The van der Waals surface area contributed by atoms with Crippen LogP contribution < -0.4 is 16.8 Å². The molecule has 1 unspecified atom stereocenters. The number of aliphatic imine (C=N–C) groups is 1. The van der Waals surface area contributed by atoms with Gasteiger partial charge in [-0.3, -0.25) is 0 Å². The molecular formula is C17H18N6O2. The van der Waals surface area contributed by atoms with Gasteiger partial charge in [0.1, 0.15) is 18.9 Å². The van der Waals surface area contributed by atoms with E-state index in [0.29, 0.717) is 22.8 Å². The number of benzene rings is 1. The summed E-state index contributed by atoms with van der Waals surface area (Å²) in [6.07, 6.45) is 9.91. The van der Waals surface area contributed by atoms with Crippen LogP contribution in [0, 0.1) is 5.41 Å². The van der Waals surface area contributed by atoms with E-state index in [1.54, 1.807) is 30.6 Å². The van der Waals surface area contributed by atoms with Crippen molar-refractivity contribution in [2.24, 2.45) is 10.7 Å². The van der Waals surface area contributed by atoms with Gasteiger partial charge in [-0.15, -0.1) is 0 Å². The molecule has 0 bridgehead atoms. The predicted molar refractivity (Wildman–Crippen MR) is 95.6 cm³/mol. The Labute approximate surface area is 144 Å². The van der Waals surface area contributed by atoms with Crippen molar-refractivity contribution in [1.29, 1.82) is 5.41 Å². The van der Waals surface area contributed by atoms with Crippen LogP contribution in [-0.2, 0) is 4.74 Å². The fourth-order valence-corrected chi connectivity index (χ4v) is 2.28. The Morgan fingerprint density at radius 3 is 3.12 bits per heavy atom. The van der Waals surface area contributed by atoms with Crippen molar-refractivity contribution in [2.75, 3.05) is 12.3 Å². The van der Waals surface area contributed by atoms with Crippen molar-refractivity contribution in [1.82, 2.24) is 10.3 Å². The van der Waals surface area contributed by atoms with Crippen molar-refractivity contribution in [3.8, 4) is 0 Å². The minimum absolute atomic E-state index is 0.0289. The number of ether oxygens (including phenoxy) is 1. The van der Waals surface area contributed by atoms with Gasteiger partial charge in [-0.2, -0.15) is 4.99 Å². The molecule has 128 valence electrons. The highest BCUT2D eigenvalue weighted by atomic mass is 16.5. The van der Waals surface area contributed by atoms with E-state index in [2.05, 4.69) is 15.3 Å². The molecule has 1 aromatic heterocycles. The molecule has 2 aromatic rings. The van der Waals surface area contributed by atoms with Crippen LogP contribution in [0.2, 0.25) is 0 Å². The number of oxazole rings is 1. The Bertz CT molecular complexity index is 839. The van der Waals surface area contributed by atoms with Gasteiger partial charge in [-0.25, -0.2) is 4.98 Å². The van der Waals surface area contributed by atoms with Crippen molar-refractivity contribution in [3.63, 3.8) is 0 Å². The van der Waals surface area contributed by atoms with Gasteiger partial charge in [0.05, 0.1) is 11.9 Å². The summed E-state index contributed by atoms with van der Waals surface area (Å²) in [5.74, 6) is 0.574. The van der Waals surface area contributed by atoms with Crippen LogP contribution in [0.3, 0.4) is 0 Å². The third-order valence-corrected chi connectivity index (χ3v) is 3.52. The van der Waals surface area contributed by atoms with Crippen molar-refractivity contribution < 1.29 is 9.15 Å². The molecule has 8 nitrogen and oxygen atoms in total. The third-order valence-electron chi connectivity index (χ3n) is 3.52. The van der Waals surface area contributed by atoms with E-state index in [-0.39, 0.29) is 18.7 Å². The molecule has 1 aromatic carbocycles. The monoisotopic (exact) mass is 338 g/mol. The lowest BCUT2D eigenvalue weighted by Gasteiger charge is -2.16. The number of anilines is 1. The lowest BCUT2D eigenvalue weighted by Crippen LogP contribution is -2.21. The first-order valence-electron chi connectivity index (χ1n) is 7.55. The van der Waals surface area contributed by atoms with Gasteiger partial charge in [0.15, 0.2) is 0 Å². The number of hydrogen-bond donors (Lipinski definition) is 4. The average molecular weight is 338 g/mol. The van der Waals surface area contributed by atoms with Gasteiger partial charge in [0, 0.05) is 17.5 Å². The largest absolute Gasteiger partial charge is 0.460 e. The van der Waals surface area contributed by atoms with Gasteiger partial charge < -0.3 is 31.3 Å². The molecule has 0 radical (unpaired) electrons. The van der Waals surface area contributed by atoms with Crippen molar-refractivity contribution >= 4 is 23.6 Å². The molecule has 3 rings (SSSR count). The summed E-state index contributed by atoms with van der Waals surface area (Å²) in [6, 6.07) is 4.93. The van der Waals surface area contributed by atoms with E-state index in [9.17, 15) is 0 Å². The van der Waals surface area contributed by atoms with E-state index in [4.69, 9.17) is 26.0 Å². The number of nitrogens with zero attached hydrogens (tertiary/aromatic N) is 2. The molecule has 0 fully saturated rings. The third kappa shape index (κ3) is 4.05. The second-order valence-electron chi connectivity index (χ2n) is 5.29. The number of rotatable bonds is 5. The molecule has 8 heteroatoms. The Balaban J connectivity index is 1.64. The first kappa shape index (κ1) is 16.3. The number of nitrogens with one attached hydrogen (secondary N) is 2. The zero-order chi connectivity index (χ0) is 17.6. The maximum Gasteiger partial charge on any atom is 0.287 e. The van der Waals surface area contributed by atoms with Gasteiger partial charge >= 0.3 is 0 Å². The van der Waals surface area contributed by atoms with Crippen LogP contribution in [-0.4, -0.2) is 23.8 Å². The number of dihydropyridines is 1. The Morgan fingerprint density at radius 2 is 2.36 bits per heavy atom. The molecule has 0 saturated carbocycles. The fraction of sp³-hybridized carbons (Fsp3) is 0.118. The Hall–Kier alpha value is -3.55. The van der Waals surface area contributed by atoms with Crippen molar-refractivity contribution in [3.05, 3.63) is 66.0 Å². The zero-order valence-electron chi connectivity index (χ0n) is 13.3. The smallest absolute Gasteiger partial charge is 0.287 e. The lowest BCUT2D eigenvalue weighted by atomic mass is 10.1. The Kier molecular flexibility index (Phi) is 4.79. The molecule has 1 aliphatic heterocycles. The maximum atomic E-state index is 7.31. The molecule has 25 heavy (non-hydrogen) atoms. The van der Waals surface area contributed by atoms with Crippen LogP contribution in [0.15, 0.2) is 64.0 Å². The van der Waals surface area contributed by atoms with E-state index < -0.39 is 0 Å². The molecule has 1 atom stereocenters. The topological polar surface area (TPSA) is 136 Å². The zero-order valence-corrected chi connectivity index (χ0v) is 13.3. The summed E-state index contributed by atoms with van der Waals surface area (Å²) < 4.78 is 10.8. The van der Waals surface area contributed by atoms with E-state index in [1.165, 1.54) is 12.5 Å². The van der Waals surface area contributed by atoms with Crippen LogP contribution in [0.1, 0.15) is 17.5 Å². The van der Waals surface area contributed by atoms with E-state index in [1.807, 2.05) is 12.2 Å². The van der Waals surface area contributed by atoms with Crippen LogP contribution in [0.5, 0.6) is 0 Å². The first-order valence-corrected chi connectivity index (χ1v) is 7.55. The fourth-order valence-electron chi connectivity index (χ4n) is 2.28. The van der Waals surface area contributed by atoms with Crippen LogP contribution >= 0.6 is 0 Å². The maximum absolute atomic E-state index is 7.31. The van der Waals surface area contributed by atoms with Crippen LogP contribution in [0.4, 0.5) is 11.4 Å². The SMILES string of the molecule is N=Cc1cc(N=C(N)OCC2=CC(c3ncco3)NC=C2)ccc1N. The molecular weight excluding hydrogens is 320 g/mol. The molecule has 2 heterocycles. The number of amidine groups is 1. The quantitative estimate of drug-likeness (QED) is 0.374. The lowest BCUT2D eigenvalue weighted by molar-refractivity contribution is 0.335. The van der Waals surface area contributed by atoms with E-state index in [0.717, 1.165) is 5.57 Å². The highest BCUT2D eigenvalue weighted by Gasteiger charge is 2.15. The minimum Gasteiger partial charge on any atom is -0.460 e. The standard InChI is InChI=1S/C17H18N6O2/c18-9-12-8-13(1-2-14(12)19)23-17(20)25-10-11-3-4-21-15(7-11)16-22-5-6-24-16/h1-9,15,18,21H,10,19H2,(H2,20,23). The normalized spacial score (nSPS) is 16.9. The Morgan fingerprint density at radius 1 is 1.48 bits per heavy atom. The number of nitrogens with two attached hydrogens (primary N) is 2. The van der Waals surface area contributed by atoms with E-state index >= 15 is 0 Å². The highest BCUT2D eigenvalue weighted by molar-refractivity contribution is 5.87. The summed E-state index contributed by atoms with van der Waals surface area (Å²) >= 11 is 0. The van der Waals surface area contributed by atoms with Gasteiger partial charge in [-0.1, -0.05) is 0 Å². The second kappa shape index (κ2) is 7.35. The summed E-state index contributed by atoms with van der Waals surface area (Å²) in [4.78, 5) is 8.30. The van der Waals surface area contributed by atoms with Crippen molar-refractivity contribution in [2.45, 2.75) is 6.04 Å². The van der Waals surface area contributed by atoms with Gasteiger partial charge in [-0.05, 0) is 42.1 Å². The average Bonchev–Trinajstić information content (AvgIpc) is 3.16. The molecule has 0 saturated heterocycles. The molecule has 1 aliphatic rings. The molecule has 0 spiro atoms. The van der Waals surface area contributed by atoms with Gasteiger partial charge in [0.25, 0.3) is 6.02 Å². The first-order chi connectivity index (χ1) is 12.2. The van der Waals surface area contributed by atoms with Gasteiger partial charge in [0.2, 0.25) is 5.89 Å². The second-order valence-corrected chi connectivity index (χ2v) is 5.29. The number of hydrogen-bond acceptors (Lipinski definition) is 7. The molecule has 6 N–H and O–H groups in total. The minimum atomic E-state index is -0.149. The number of aromatic nitrogens is 1. The highest BCUT2D eigenvalue weighted by Crippen LogP contribution is 2.20. The number of nitrogen functional groups attached to an aromatic ring is 1. The summed E-state index contributed by atoms with van der Waals surface area (Å²) in [5, 5.41) is 10.4.